The SMILES string of the molecule is NCC1CCCCCC1CCSc1ccccc1. The van der Waals surface area contributed by atoms with Crippen molar-refractivity contribution in [2.75, 3.05) is 12.3 Å². The molecule has 1 saturated carbocycles. The molecule has 1 fully saturated rings. The van der Waals surface area contributed by atoms with Gasteiger partial charge in [0.1, 0.15) is 0 Å². The van der Waals surface area contributed by atoms with Gasteiger partial charge in [-0.1, -0.05) is 43.9 Å². The lowest BCUT2D eigenvalue weighted by Crippen LogP contribution is -2.23. The summed E-state index contributed by atoms with van der Waals surface area (Å²) in [6.07, 6.45) is 8.32. The normalized spacial score (nSPS) is 24.7. The molecule has 0 heterocycles. The fourth-order valence-electron chi connectivity index (χ4n) is 3.00. The first-order chi connectivity index (χ1) is 8.90. The van der Waals surface area contributed by atoms with E-state index in [4.69, 9.17) is 5.73 Å². The van der Waals surface area contributed by atoms with Crippen LogP contribution >= 0.6 is 11.8 Å². The molecule has 2 unspecified atom stereocenters. The van der Waals surface area contributed by atoms with E-state index in [0.717, 1.165) is 18.4 Å². The smallest absolute Gasteiger partial charge is 0.00719 e. The summed E-state index contributed by atoms with van der Waals surface area (Å²) in [6.45, 7) is 0.890. The van der Waals surface area contributed by atoms with Crippen molar-refractivity contribution in [3.8, 4) is 0 Å². The minimum atomic E-state index is 0.781. The molecular weight excluding hydrogens is 238 g/mol. The predicted molar refractivity (Wildman–Crippen MR) is 80.9 cm³/mol. The van der Waals surface area contributed by atoms with Gasteiger partial charge in [0.25, 0.3) is 0 Å². The van der Waals surface area contributed by atoms with E-state index < -0.39 is 0 Å². The fraction of sp³-hybridized carbons (Fsp3) is 0.625. The predicted octanol–water partition coefficient (Wildman–Crippen LogP) is 4.32. The van der Waals surface area contributed by atoms with E-state index in [9.17, 15) is 0 Å². The topological polar surface area (TPSA) is 26.0 Å². The Hall–Kier alpha value is -0.470. The molecule has 0 saturated heterocycles. The highest BCUT2D eigenvalue weighted by Gasteiger charge is 2.21. The number of nitrogens with two attached hydrogens (primary N) is 1. The van der Waals surface area contributed by atoms with E-state index in [-0.39, 0.29) is 0 Å². The molecule has 0 aromatic heterocycles. The van der Waals surface area contributed by atoms with Crippen LogP contribution in [0.4, 0.5) is 0 Å². The Balaban J connectivity index is 1.77. The van der Waals surface area contributed by atoms with Crippen molar-refractivity contribution in [1.82, 2.24) is 0 Å². The summed E-state index contributed by atoms with van der Waals surface area (Å²) < 4.78 is 0. The first kappa shape index (κ1) is 14.0. The van der Waals surface area contributed by atoms with E-state index in [1.807, 2.05) is 11.8 Å². The minimum absolute atomic E-state index is 0.781. The molecule has 1 aliphatic rings. The van der Waals surface area contributed by atoms with Crippen LogP contribution in [0.2, 0.25) is 0 Å². The van der Waals surface area contributed by atoms with E-state index in [1.54, 1.807) is 0 Å². The highest BCUT2D eigenvalue weighted by Crippen LogP contribution is 2.32. The third-order valence-electron chi connectivity index (χ3n) is 4.12. The average molecular weight is 263 g/mol. The third-order valence-corrected chi connectivity index (χ3v) is 5.17. The summed E-state index contributed by atoms with van der Waals surface area (Å²) in [5.41, 5.74) is 5.94. The minimum Gasteiger partial charge on any atom is -0.330 e. The molecule has 18 heavy (non-hydrogen) atoms. The van der Waals surface area contributed by atoms with Gasteiger partial charge in [-0.15, -0.1) is 11.8 Å². The number of thioether (sulfide) groups is 1. The van der Waals surface area contributed by atoms with Crippen LogP contribution in [0.25, 0.3) is 0 Å². The lowest BCUT2D eigenvalue weighted by molar-refractivity contribution is 0.313. The molecule has 0 aliphatic heterocycles. The molecule has 1 aliphatic carbocycles. The molecule has 0 amide bonds. The van der Waals surface area contributed by atoms with Gasteiger partial charge in [0.15, 0.2) is 0 Å². The first-order valence-corrected chi connectivity index (χ1v) is 8.26. The maximum absolute atomic E-state index is 5.94. The van der Waals surface area contributed by atoms with Gasteiger partial charge in [0, 0.05) is 4.90 Å². The molecule has 0 bridgehead atoms. The summed E-state index contributed by atoms with van der Waals surface area (Å²) in [5.74, 6) is 2.89. The van der Waals surface area contributed by atoms with Crippen LogP contribution in [0.3, 0.4) is 0 Å². The first-order valence-electron chi connectivity index (χ1n) is 7.28. The molecule has 1 nitrogen and oxygen atoms in total. The fourth-order valence-corrected chi connectivity index (χ4v) is 4.00. The van der Waals surface area contributed by atoms with Gasteiger partial charge >= 0.3 is 0 Å². The lowest BCUT2D eigenvalue weighted by Gasteiger charge is -2.23. The van der Waals surface area contributed by atoms with E-state index in [2.05, 4.69) is 30.3 Å². The molecule has 2 N–H and O–H groups in total. The molecule has 1 aromatic carbocycles. The number of hydrogen-bond donors (Lipinski definition) is 1. The summed E-state index contributed by atoms with van der Waals surface area (Å²) in [4.78, 5) is 1.40. The molecule has 2 heteroatoms. The summed E-state index contributed by atoms with van der Waals surface area (Å²) in [6, 6.07) is 10.7. The van der Waals surface area contributed by atoms with Gasteiger partial charge in [0.2, 0.25) is 0 Å². The Labute approximate surface area is 116 Å². The van der Waals surface area contributed by atoms with E-state index in [0.29, 0.717) is 0 Å². The Morgan fingerprint density at radius 2 is 1.72 bits per heavy atom. The lowest BCUT2D eigenvalue weighted by atomic mass is 9.86. The van der Waals surface area contributed by atoms with Crippen molar-refractivity contribution in [3.63, 3.8) is 0 Å². The van der Waals surface area contributed by atoms with Crippen LogP contribution in [0, 0.1) is 11.8 Å². The molecule has 0 radical (unpaired) electrons. The van der Waals surface area contributed by atoms with Crippen LogP contribution in [-0.4, -0.2) is 12.3 Å². The zero-order valence-corrected chi connectivity index (χ0v) is 12.0. The zero-order valence-electron chi connectivity index (χ0n) is 11.2. The van der Waals surface area contributed by atoms with Crippen molar-refractivity contribution < 1.29 is 0 Å². The summed E-state index contributed by atoms with van der Waals surface area (Å²) >= 11 is 1.99. The Morgan fingerprint density at radius 3 is 2.44 bits per heavy atom. The van der Waals surface area contributed by atoms with Crippen molar-refractivity contribution in [2.24, 2.45) is 17.6 Å². The monoisotopic (exact) mass is 263 g/mol. The second kappa shape index (κ2) is 7.85. The summed E-state index contributed by atoms with van der Waals surface area (Å²) in [5, 5.41) is 0. The maximum atomic E-state index is 5.94. The van der Waals surface area contributed by atoms with E-state index >= 15 is 0 Å². The van der Waals surface area contributed by atoms with Gasteiger partial charge in [-0.3, -0.25) is 0 Å². The number of hydrogen-bond acceptors (Lipinski definition) is 2. The molecule has 1 aromatic rings. The highest BCUT2D eigenvalue weighted by atomic mass is 32.2. The van der Waals surface area contributed by atoms with Crippen LogP contribution in [0.5, 0.6) is 0 Å². The van der Waals surface area contributed by atoms with Crippen molar-refractivity contribution in [1.29, 1.82) is 0 Å². The van der Waals surface area contributed by atoms with Crippen molar-refractivity contribution in [3.05, 3.63) is 30.3 Å². The van der Waals surface area contributed by atoms with Gasteiger partial charge < -0.3 is 5.73 Å². The zero-order chi connectivity index (χ0) is 12.6. The van der Waals surface area contributed by atoms with Crippen LogP contribution in [0.1, 0.15) is 38.5 Å². The Bertz CT molecular complexity index is 325. The molecular formula is C16H25NS. The number of rotatable bonds is 5. The van der Waals surface area contributed by atoms with Crippen LogP contribution < -0.4 is 5.73 Å². The summed E-state index contributed by atoms with van der Waals surface area (Å²) in [7, 11) is 0. The molecule has 2 rings (SSSR count). The number of benzene rings is 1. The Kier molecular flexibility index (Phi) is 6.09. The molecule has 2 atom stereocenters. The third kappa shape index (κ3) is 4.33. The standard InChI is InChI=1S/C16H25NS/c17-13-15-8-4-1-3-7-14(15)11-12-18-16-9-5-2-6-10-16/h2,5-6,9-10,14-15H,1,3-4,7-8,11-13,17H2. The van der Waals surface area contributed by atoms with E-state index in [1.165, 1.54) is 49.2 Å². The Morgan fingerprint density at radius 1 is 1.00 bits per heavy atom. The van der Waals surface area contributed by atoms with Crippen LogP contribution in [0.15, 0.2) is 35.2 Å². The van der Waals surface area contributed by atoms with Gasteiger partial charge in [-0.25, -0.2) is 0 Å². The second-order valence-corrected chi connectivity index (χ2v) is 6.51. The largest absolute Gasteiger partial charge is 0.330 e. The van der Waals surface area contributed by atoms with Crippen LogP contribution in [-0.2, 0) is 0 Å². The van der Waals surface area contributed by atoms with Gasteiger partial charge in [0.05, 0.1) is 0 Å². The molecule has 100 valence electrons. The van der Waals surface area contributed by atoms with Crippen molar-refractivity contribution >= 4 is 11.8 Å². The quantitative estimate of drug-likeness (QED) is 0.632. The molecule has 0 spiro atoms. The van der Waals surface area contributed by atoms with Crippen molar-refractivity contribution in [2.45, 2.75) is 43.4 Å². The average Bonchev–Trinajstić information content (AvgIpc) is 2.65. The van der Waals surface area contributed by atoms with Gasteiger partial charge in [-0.2, -0.15) is 0 Å². The second-order valence-electron chi connectivity index (χ2n) is 5.34. The maximum Gasteiger partial charge on any atom is 0.00719 e. The van der Waals surface area contributed by atoms with Gasteiger partial charge in [-0.05, 0) is 49.1 Å². The highest BCUT2D eigenvalue weighted by molar-refractivity contribution is 7.99.